The minimum absolute atomic E-state index is 0.145. The standard InChI is InChI=1S/C19H14Cl2N2OS/c20-13-5-6-15(17(21)9-13)18(22)16(10-14-4-2-8-25-14)19(24)12-3-1-7-23-11-12/h1-11,19,22,24H. The lowest BCUT2D eigenvalue weighted by Gasteiger charge is -2.17. The summed E-state index contributed by atoms with van der Waals surface area (Å²) >= 11 is 13.7. The van der Waals surface area contributed by atoms with Gasteiger partial charge in [0.1, 0.15) is 6.10 Å². The molecule has 0 saturated carbocycles. The predicted molar refractivity (Wildman–Crippen MR) is 105 cm³/mol. The van der Waals surface area contributed by atoms with E-state index in [0.29, 0.717) is 26.7 Å². The van der Waals surface area contributed by atoms with Gasteiger partial charge in [-0.1, -0.05) is 35.3 Å². The fourth-order valence-corrected chi connectivity index (χ4v) is 3.55. The van der Waals surface area contributed by atoms with Crippen LogP contribution >= 0.6 is 34.5 Å². The molecule has 0 aliphatic rings. The Hall–Kier alpha value is -1.98. The van der Waals surface area contributed by atoms with Crippen LogP contribution in [0, 0.1) is 5.41 Å². The average molecular weight is 389 g/mol. The van der Waals surface area contributed by atoms with E-state index in [4.69, 9.17) is 28.6 Å². The quantitative estimate of drug-likeness (QED) is 0.555. The summed E-state index contributed by atoms with van der Waals surface area (Å²) in [6.07, 6.45) is 4.04. The first-order valence-corrected chi connectivity index (χ1v) is 9.07. The third-order valence-corrected chi connectivity index (χ3v) is 4.99. The van der Waals surface area contributed by atoms with E-state index in [9.17, 15) is 5.11 Å². The first-order chi connectivity index (χ1) is 12.1. The van der Waals surface area contributed by atoms with E-state index in [2.05, 4.69) is 4.98 Å². The highest BCUT2D eigenvalue weighted by Gasteiger charge is 2.21. The number of pyridine rings is 1. The van der Waals surface area contributed by atoms with Crippen molar-refractivity contribution in [1.29, 1.82) is 5.41 Å². The summed E-state index contributed by atoms with van der Waals surface area (Å²) in [5.74, 6) is 0. The van der Waals surface area contributed by atoms with Crippen molar-refractivity contribution in [2.45, 2.75) is 6.10 Å². The Balaban J connectivity index is 2.06. The molecule has 0 aliphatic carbocycles. The highest BCUT2D eigenvalue weighted by Crippen LogP contribution is 2.30. The predicted octanol–water partition coefficient (Wildman–Crippen LogP) is 5.63. The number of aliphatic hydroxyl groups excluding tert-OH is 1. The van der Waals surface area contributed by atoms with E-state index in [0.717, 1.165) is 4.88 Å². The minimum atomic E-state index is -0.991. The third-order valence-electron chi connectivity index (χ3n) is 3.62. The second kappa shape index (κ2) is 7.93. The smallest absolute Gasteiger partial charge is 0.108 e. The van der Waals surface area contributed by atoms with Gasteiger partial charge in [-0.15, -0.1) is 11.3 Å². The van der Waals surface area contributed by atoms with Gasteiger partial charge in [-0.25, -0.2) is 0 Å². The number of hydrogen-bond donors (Lipinski definition) is 2. The molecule has 25 heavy (non-hydrogen) atoms. The molecular formula is C19H14Cl2N2OS. The van der Waals surface area contributed by atoms with Crippen LogP contribution in [0.2, 0.25) is 10.0 Å². The van der Waals surface area contributed by atoms with E-state index < -0.39 is 6.10 Å². The molecule has 126 valence electrons. The van der Waals surface area contributed by atoms with Gasteiger partial charge in [-0.2, -0.15) is 0 Å². The number of aliphatic hydroxyl groups is 1. The van der Waals surface area contributed by atoms with Crippen molar-refractivity contribution >= 4 is 46.3 Å². The molecule has 0 spiro atoms. The van der Waals surface area contributed by atoms with Crippen LogP contribution in [0.25, 0.3) is 6.08 Å². The topological polar surface area (TPSA) is 57.0 Å². The van der Waals surface area contributed by atoms with Crippen LogP contribution in [-0.2, 0) is 0 Å². The first-order valence-electron chi connectivity index (χ1n) is 7.43. The Kier molecular flexibility index (Phi) is 5.66. The summed E-state index contributed by atoms with van der Waals surface area (Å²) in [6, 6.07) is 12.3. The number of hydrogen-bond acceptors (Lipinski definition) is 4. The Morgan fingerprint density at radius 2 is 2.04 bits per heavy atom. The molecule has 0 fully saturated rings. The Bertz CT molecular complexity index is 908. The largest absolute Gasteiger partial charge is 0.384 e. The van der Waals surface area contributed by atoms with E-state index in [1.54, 1.807) is 48.8 Å². The average Bonchev–Trinajstić information content (AvgIpc) is 3.12. The van der Waals surface area contributed by atoms with Crippen molar-refractivity contribution in [3.05, 3.63) is 91.9 Å². The molecule has 6 heteroatoms. The van der Waals surface area contributed by atoms with Crippen molar-refractivity contribution in [3.8, 4) is 0 Å². The van der Waals surface area contributed by atoms with Crippen molar-refractivity contribution in [2.75, 3.05) is 0 Å². The van der Waals surface area contributed by atoms with Crippen LogP contribution in [0.1, 0.15) is 22.1 Å². The van der Waals surface area contributed by atoms with Gasteiger partial charge in [-0.05, 0) is 41.8 Å². The SMILES string of the molecule is N=C(C(=Cc1cccs1)C(O)c1cccnc1)c1ccc(Cl)cc1Cl. The fraction of sp³-hybridized carbons (Fsp3) is 0.0526. The monoisotopic (exact) mass is 388 g/mol. The van der Waals surface area contributed by atoms with Crippen LogP contribution in [-0.4, -0.2) is 15.8 Å². The highest BCUT2D eigenvalue weighted by atomic mass is 35.5. The van der Waals surface area contributed by atoms with Crippen molar-refractivity contribution in [2.24, 2.45) is 0 Å². The molecule has 2 heterocycles. The lowest BCUT2D eigenvalue weighted by molar-refractivity contribution is 0.222. The Morgan fingerprint density at radius 1 is 1.20 bits per heavy atom. The lowest BCUT2D eigenvalue weighted by atomic mass is 9.93. The molecule has 2 aromatic heterocycles. The summed E-state index contributed by atoms with van der Waals surface area (Å²) in [5.41, 5.74) is 1.71. The second-order valence-corrected chi connectivity index (χ2v) is 7.13. The van der Waals surface area contributed by atoms with Crippen molar-refractivity contribution in [1.82, 2.24) is 4.98 Å². The summed E-state index contributed by atoms with van der Waals surface area (Å²) in [7, 11) is 0. The van der Waals surface area contributed by atoms with E-state index >= 15 is 0 Å². The minimum Gasteiger partial charge on any atom is -0.384 e. The number of thiophene rings is 1. The maximum Gasteiger partial charge on any atom is 0.108 e. The number of rotatable bonds is 5. The molecule has 3 rings (SSSR count). The summed E-state index contributed by atoms with van der Waals surface area (Å²) < 4.78 is 0. The van der Waals surface area contributed by atoms with Gasteiger partial charge < -0.3 is 5.11 Å². The zero-order valence-corrected chi connectivity index (χ0v) is 15.3. The van der Waals surface area contributed by atoms with Crippen molar-refractivity contribution < 1.29 is 5.11 Å². The fourth-order valence-electron chi connectivity index (χ4n) is 2.38. The van der Waals surface area contributed by atoms with E-state index in [1.807, 2.05) is 17.5 Å². The molecule has 1 aromatic carbocycles. The summed E-state index contributed by atoms with van der Waals surface area (Å²) in [6.45, 7) is 0. The van der Waals surface area contributed by atoms with E-state index in [-0.39, 0.29) is 5.71 Å². The highest BCUT2D eigenvalue weighted by molar-refractivity contribution is 7.10. The van der Waals surface area contributed by atoms with E-state index in [1.165, 1.54) is 11.3 Å². The van der Waals surface area contributed by atoms with Crippen LogP contribution in [0.15, 0.2) is 65.8 Å². The molecule has 1 atom stereocenters. The molecule has 1 unspecified atom stereocenters. The van der Waals surface area contributed by atoms with Gasteiger partial charge in [0.25, 0.3) is 0 Å². The molecule has 0 bridgehead atoms. The van der Waals surface area contributed by atoms with Gasteiger partial charge >= 0.3 is 0 Å². The molecule has 2 N–H and O–H groups in total. The Labute approximate surface area is 159 Å². The summed E-state index contributed by atoms with van der Waals surface area (Å²) in [4.78, 5) is 4.99. The second-order valence-electron chi connectivity index (χ2n) is 5.30. The zero-order chi connectivity index (χ0) is 17.8. The number of halogens is 2. The van der Waals surface area contributed by atoms with Gasteiger partial charge in [0.05, 0.1) is 10.7 Å². The Morgan fingerprint density at radius 3 is 2.68 bits per heavy atom. The molecule has 0 radical (unpaired) electrons. The van der Waals surface area contributed by atoms with Crippen LogP contribution < -0.4 is 0 Å². The van der Waals surface area contributed by atoms with Gasteiger partial charge in [0.15, 0.2) is 0 Å². The zero-order valence-electron chi connectivity index (χ0n) is 13.0. The van der Waals surface area contributed by atoms with Gasteiger partial charge in [0, 0.05) is 39.0 Å². The molecule has 0 amide bonds. The molecule has 0 saturated heterocycles. The lowest BCUT2D eigenvalue weighted by Crippen LogP contribution is -2.13. The first kappa shape index (κ1) is 17.8. The van der Waals surface area contributed by atoms with Crippen LogP contribution in [0.4, 0.5) is 0 Å². The van der Waals surface area contributed by atoms with Crippen LogP contribution in [0.3, 0.4) is 0 Å². The summed E-state index contributed by atoms with van der Waals surface area (Å²) in [5, 5.41) is 22.3. The molecular weight excluding hydrogens is 375 g/mol. The number of benzene rings is 1. The molecule has 3 nitrogen and oxygen atoms in total. The maximum atomic E-state index is 10.8. The number of aromatic nitrogens is 1. The van der Waals surface area contributed by atoms with Gasteiger partial charge in [0.2, 0.25) is 0 Å². The van der Waals surface area contributed by atoms with Gasteiger partial charge in [-0.3, -0.25) is 10.4 Å². The third kappa shape index (κ3) is 4.17. The maximum absolute atomic E-state index is 10.8. The number of nitrogens with zero attached hydrogens (tertiary/aromatic N) is 1. The molecule has 0 aliphatic heterocycles. The van der Waals surface area contributed by atoms with Crippen molar-refractivity contribution in [3.63, 3.8) is 0 Å². The van der Waals surface area contributed by atoms with Crippen LogP contribution in [0.5, 0.6) is 0 Å². The number of nitrogens with one attached hydrogen (secondary N) is 1. The normalized spacial score (nSPS) is 12.8. The molecule has 3 aromatic rings.